The molecule has 0 N–H and O–H groups in total. The molecule has 7 rings (SSSR count). The van der Waals surface area contributed by atoms with Crippen molar-refractivity contribution in [1.82, 2.24) is 14.0 Å². The van der Waals surface area contributed by atoms with Gasteiger partial charge in [-0.05, 0) is 0 Å². The minimum atomic E-state index is 0.282. The summed E-state index contributed by atoms with van der Waals surface area (Å²) < 4.78 is 5.77. The Balaban J connectivity index is 1.42. The molecule has 0 saturated carbocycles. The molecule has 0 aliphatic carbocycles. The monoisotopic (exact) mass is 489 g/mol. The summed E-state index contributed by atoms with van der Waals surface area (Å²) in [6.07, 6.45) is 2.17. The van der Waals surface area contributed by atoms with Crippen LogP contribution in [0.5, 0.6) is 0 Å². The molecular weight excluding hydrogens is 469 g/mol. The second-order valence-corrected chi connectivity index (χ2v) is 9.98. The number of hydrogen-bond donors (Lipinski definition) is 0. The first kappa shape index (κ1) is 18.7. The molecule has 33 heavy (non-hydrogen) atoms. The molecule has 0 atom stereocenters. The Morgan fingerprint density at radius 1 is 0.606 bits per heavy atom. The molecule has 7 aromatic rings. The number of fused-ring (bicyclic) bond motifs is 4. The number of aromatic nitrogens is 3. The van der Waals surface area contributed by atoms with Crippen LogP contribution in [0.2, 0.25) is 0 Å². The number of benzene rings is 4. The summed E-state index contributed by atoms with van der Waals surface area (Å²) in [6.45, 7) is 0. The van der Waals surface area contributed by atoms with Crippen molar-refractivity contribution >= 4 is 40.8 Å². The van der Waals surface area contributed by atoms with Crippen LogP contribution < -0.4 is 0 Å². The fourth-order valence-electron chi connectivity index (χ4n) is 4.83. The molecule has 156 valence electrons. The quantitative estimate of drug-likeness (QED) is 0.250. The molecule has 0 aliphatic heterocycles. The fraction of sp³-hybridized carbons (Fsp3) is 0. The van der Waals surface area contributed by atoms with Gasteiger partial charge in [-0.25, -0.2) is 0 Å². The van der Waals surface area contributed by atoms with E-state index < -0.39 is 0 Å². The Bertz CT molecular complexity index is 1700. The molecule has 4 heteroatoms. The minimum absolute atomic E-state index is 0.282. The van der Waals surface area contributed by atoms with E-state index in [1.807, 2.05) is 0 Å². The number of imidazole rings is 1. The topological polar surface area (TPSA) is 22.2 Å². The van der Waals surface area contributed by atoms with Crippen LogP contribution in [-0.2, 0) is 0 Å². The van der Waals surface area contributed by atoms with Gasteiger partial charge >= 0.3 is 197 Å². The number of rotatable bonds is 3. The van der Waals surface area contributed by atoms with Gasteiger partial charge < -0.3 is 0 Å². The summed E-state index contributed by atoms with van der Waals surface area (Å²) in [7, 11) is 0. The molecule has 0 amide bonds. The van der Waals surface area contributed by atoms with Crippen molar-refractivity contribution in [3.8, 4) is 28.2 Å². The maximum absolute atomic E-state index is 5.01. The first-order valence-corrected chi connectivity index (χ1v) is 12.8. The van der Waals surface area contributed by atoms with Crippen molar-refractivity contribution < 1.29 is 0 Å². The van der Waals surface area contributed by atoms with E-state index in [4.69, 9.17) is 4.98 Å². The van der Waals surface area contributed by atoms with Gasteiger partial charge in [0.05, 0.1) is 0 Å². The van der Waals surface area contributed by atoms with Gasteiger partial charge in [0.15, 0.2) is 0 Å². The molecular formula is C29H19N3Se. The summed E-state index contributed by atoms with van der Waals surface area (Å²) in [5, 5.41) is 2.56. The van der Waals surface area contributed by atoms with Crippen molar-refractivity contribution in [3.63, 3.8) is 0 Å². The van der Waals surface area contributed by atoms with E-state index in [2.05, 4.69) is 123 Å². The van der Waals surface area contributed by atoms with E-state index >= 15 is 0 Å². The van der Waals surface area contributed by atoms with Crippen LogP contribution in [0.4, 0.5) is 0 Å². The maximum atomic E-state index is 5.01. The SMILES string of the molecule is c1ccc(-c2nc3[se]ccn3c2-c2ccc(-n3c4ccccc4c4ccccc43)cc2)cc1. The zero-order valence-electron chi connectivity index (χ0n) is 17.7. The van der Waals surface area contributed by atoms with Gasteiger partial charge in [-0.3, -0.25) is 0 Å². The molecule has 0 bridgehead atoms. The molecule has 0 unspecified atom stereocenters. The van der Waals surface area contributed by atoms with Crippen LogP contribution in [0.25, 0.3) is 54.5 Å². The van der Waals surface area contributed by atoms with E-state index in [9.17, 15) is 0 Å². The van der Waals surface area contributed by atoms with E-state index in [-0.39, 0.29) is 14.5 Å². The van der Waals surface area contributed by atoms with E-state index in [1.54, 1.807) is 0 Å². The third-order valence-electron chi connectivity index (χ3n) is 6.29. The molecule has 0 radical (unpaired) electrons. The first-order valence-electron chi connectivity index (χ1n) is 11.0. The molecule has 0 saturated heterocycles. The average Bonchev–Trinajstić information content (AvgIpc) is 3.56. The third kappa shape index (κ3) is 2.85. The zero-order chi connectivity index (χ0) is 21.8. The second kappa shape index (κ2) is 7.35. The molecule has 0 fully saturated rings. The van der Waals surface area contributed by atoms with Crippen LogP contribution in [0.3, 0.4) is 0 Å². The van der Waals surface area contributed by atoms with Crippen molar-refractivity contribution in [2.75, 3.05) is 0 Å². The standard InChI is InChI=1S/C29H19N3Se/c1-2-8-20(9-3-1)27-28(31-18-19-33-29(31)30-27)21-14-16-22(17-15-21)32-25-12-6-4-10-23(25)24-11-5-7-13-26(24)32/h1-19H. The molecule has 0 spiro atoms. The Morgan fingerprint density at radius 3 is 1.94 bits per heavy atom. The molecule has 0 aliphatic rings. The van der Waals surface area contributed by atoms with Gasteiger partial charge in [-0.15, -0.1) is 0 Å². The Morgan fingerprint density at radius 2 is 1.24 bits per heavy atom. The van der Waals surface area contributed by atoms with Crippen LogP contribution >= 0.6 is 0 Å². The van der Waals surface area contributed by atoms with Crippen LogP contribution in [-0.4, -0.2) is 28.5 Å². The second-order valence-electron chi connectivity index (χ2n) is 8.15. The number of hydrogen-bond acceptors (Lipinski definition) is 1. The first-order chi connectivity index (χ1) is 16.4. The summed E-state index contributed by atoms with van der Waals surface area (Å²) in [5.74, 6) is 0. The van der Waals surface area contributed by atoms with Crippen LogP contribution in [0, 0.1) is 0 Å². The predicted molar refractivity (Wildman–Crippen MR) is 137 cm³/mol. The molecule has 3 aromatic heterocycles. The number of nitrogens with zero attached hydrogens (tertiary/aromatic N) is 3. The Kier molecular flexibility index (Phi) is 4.16. The van der Waals surface area contributed by atoms with Gasteiger partial charge in [0.25, 0.3) is 0 Å². The van der Waals surface area contributed by atoms with Crippen LogP contribution in [0.15, 0.2) is 114 Å². The Hall–Kier alpha value is -3.85. The van der Waals surface area contributed by atoms with Gasteiger partial charge in [-0.1, -0.05) is 0 Å². The van der Waals surface area contributed by atoms with Gasteiger partial charge in [-0.2, -0.15) is 0 Å². The third-order valence-corrected chi connectivity index (χ3v) is 7.88. The van der Waals surface area contributed by atoms with Crippen LogP contribution in [0.1, 0.15) is 0 Å². The molecule has 3 nitrogen and oxygen atoms in total. The van der Waals surface area contributed by atoms with Gasteiger partial charge in [0, 0.05) is 0 Å². The van der Waals surface area contributed by atoms with Crippen molar-refractivity contribution in [2.24, 2.45) is 0 Å². The summed E-state index contributed by atoms with van der Waals surface area (Å²) in [4.78, 5) is 7.25. The van der Waals surface area contributed by atoms with E-state index in [0.29, 0.717) is 0 Å². The van der Waals surface area contributed by atoms with E-state index in [0.717, 1.165) is 15.8 Å². The molecule has 3 heterocycles. The summed E-state index contributed by atoms with van der Waals surface area (Å²) >= 11 is 0.282. The summed E-state index contributed by atoms with van der Waals surface area (Å²) in [5.41, 5.74) is 8.18. The fourth-order valence-corrected chi connectivity index (χ4v) is 6.33. The number of para-hydroxylation sites is 2. The zero-order valence-corrected chi connectivity index (χ0v) is 19.4. The predicted octanol–water partition coefficient (Wildman–Crippen LogP) is 6.82. The Labute approximate surface area is 196 Å². The van der Waals surface area contributed by atoms with Gasteiger partial charge in [0.1, 0.15) is 0 Å². The average molecular weight is 488 g/mol. The van der Waals surface area contributed by atoms with Crippen molar-refractivity contribution in [1.29, 1.82) is 0 Å². The van der Waals surface area contributed by atoms with E-state index in [1.165, 1.54) is 38.8 Å². The normalized spacial score (nSPS) is 11.6. The molecule has 4 aromatic carbocycles. The van der Waals surface area contributed by atoms with Crippen molar-refractivity contribution in [2.45, 2.75) is 0 Å². The summed E-state index contributed by atoms with van der Waals surface area (Å²) in [6, 6.07) is 36.7. The van der Waals surface area contributed by atoms with Gasteiger partial charge in [0.2, 0.25) is 0 Å². The van der Waals surface area contributed by atoms with Crippen molar-refractivity contribution in [3.05, 3.63) is 114 Å².